The largest absolute Gasteiger partial charge is 0.493 e. The van der Waals surface area contributed by atoms with E-state index in [-0.39, 0.29) is 34.6 Å². The molecule has 208 valence electrons. The summed E-state index contributed by atoms with van der Waals surface area (Å²) in [5.41, 5.74) is 9.48. The fourth-order valence-electron chi connectivity index (χ4n) is 4.32. The van der Waals surface area contributed by atoms with Crippen molar-refractivity contribution in [3.8, 4) is 17.3 Å². The summed E-state index contributed by atoms with van der Waals surface area (Å²) in [6.45, 7) is 3.40. The van der Waals surface area contributed by atoms with Gasteiger partial charge in [0.05, 0.1) is 25.3 Å². The highest BCUT2D eigenvalue weighted by atomic mass is 16.6. The zero-order valence-corrected chi connectivity index (χ0v) is 21.8. The normalized spacial score (nSPS) is 15.8. The second-order valence-electron chi connectivity index (χ2n) is 9.06. The minimum atomic E-state index is -0.664. The number of nitrogen functional groups attached to an aromatic ring is 1. The Bertz CT molecular complexity index is 1510. The first-order valence-corrected chi connectivity index (χ1v) is 12.5. The highest BCUT2D eigenvalue weighted by Crippen LogP contribution is 2.28. The number of hydrogen-bond donors (Lipinski definition) is 2. The number of anilines is 1. The molecule has 4 heterocycles. The predicted molar refractivity (Wildman–Crippen MR) is 139 cm³/mol. The predicted octanol–water partition coefficient (Wildman–Crippen LogP) is 2.19. The summed E-state index contributed by atoms with van der Waals surface area (Å²) >= 11 is 0. The number of ether oxygens (including phenoxy) is 2. The van der Waals surface area contributed by atoms with Crippen LogP contribution in [0.1, 0.15) is 58.5 Å². The molecule has 3 N–H and O–H groups in total. The molecule has 15 nitrogen and oxygen atoms in total. The number of hydrogen-bond acceptors (Lipinski definition) is 13. The zero-order valence-electron chi connectivity index (χ0n) is 21.8. The van der Waals surface area contributed by atoms with Crippen LogP contribution in [0, 0.1) is 0 Å². The first-order chi connectivity index (χ1) is 19.4. The third kappa shape index (κ3) is 5.68. The molecular formula is C25H27N9O6. The van der Waals surface area contributed by atoms with E-state index in [0.29, 0.717) is 23.8 Å². The summed E-state index contributed by atoms with van der Waals surface area (Å²) in [6, 6.07) is 8.18. The van der Waals surface area contributed by atoms with Crippen molar-refractivity contribution in [3.05, 3.63) is 59.3 Å². The first-order valence-electron chi connectivity index (χ1n) is 12.5. The van der Waals surface area contributed by atoms with Crippen LogP contribution in [0.25, 0.3) is 5.82 Å². The Morgan fingerprint density at radius 2 is 2.12 bits per heavy atom. The fourth-order valence-corrected chi connectivity index (χ4v) is 4.32. The van der Waals surface area contributed by atoms with Crippen molar-refractivity contribution < 1.29 is 28.1 Å². The zero-order chi connectivity index (χ0) is 28.1. The van der Waals surface area contributed by atoms with Gasteiger partial charge in [-0.15, -0.1) is 5.10 Å². The Labute approximate surface area is 227 Å². The molecule has 1 fully saturated rings. The Morgan fingerprint density at radius 1 is 1.25 bits per heavy atom. The van der Waals surface area contributed by atoms with Gasteiger partial charge in [0.25, 0.3) is 5.91 Å². The molecule has 5 rings (SSSR count). The van der Waals surface area contributed by atoms with E-state index in [9.17, 15) is 9.59 Å². The number of carbonyl (C=O) groups excluding carboxylic acids is 2. The van der Waals surface area contributed by atoms with Gasteiger partial charge in [0.1, 0.15) is 0 Å². The molecule has 40 heavy (non-hydrogen) atoms. The van der Waals surface area contributed by atoms with Gasteiger partial charge in [0, 0.05) is 12.6 Å². The smallest absolute Gasteiger partial charge is 0.379 e. The van der Waals surface area contributed by atoms with Crippen molar-refractivity contribution in [2.45, 2.75) is 38.8 Å². The summed E-state index contributed by atoms with van der Waals surface area (Å²) in [5, 5.41) is 19.6. The number of carbonyl (C=O) groups is 2. The average Bonchev–Trinajstić information content (AvgIpc) is 3.72. The van der Waals surface area contributed by atoms with Gasteiger partial charge in [-0.05, 0) is 72.5 Å². The maximum Gasteiger partial charge on any atom is 0.379 e. The van der Waals surface area contributed by atoms with Crippen LogP contribution in [0.3, 0.4) is 0 Å². The SMILES string of the molecule is COc1cc(/C=N/NC(=O)c2nnn(-c3nonc3N)c2CN2CCCC[C@H]2C)ccc1OC(=O)c1ccco1. The van der Waals surface area contributed by atoms with Gasteiger partial charge in [0.15, 0.2) is 17.2 Å². The van der Waals surface area contributed by atoms with Gasteiger partial charge < -0.3 is 19.6 Å². The first kappa shape index (κ1) is 26.6. The second-order valence-corrected chi connectivity index (χ2v) is 9.06. The number of methoxy groups -OCH3 is 1. The van der Waals surface area contributed by atoms with E-state index in [1.165, 1.54) is 30.3 Å². The van der Waals surface area contributed by atoms with Gasteiger partial charge in [-0.3, -0.25) is 9.69 Å². The van der Waals surface area contributed by atoms with Crippen LogP contribution in [-0.2, 0) is 6.54 Å². The highest BCUT2D eigenvalue weighted by molar-refractivity contribution is 5.94. The maximum absolute atomic E-state index is 13.1. The Kier molecular flexibility index (Phi) is 7.82. The second kappa shape index (κ2) is 11.8. The number of nitrogens with one attached hydrogen (secondary N) is 1. The van der Waals surface area contributed by atoms with Gasteiger partial charge in [0.2, 0.25) is 17.4 Å². The molecule has 3 aromatic heterocycles. The van der Waals surface area contributed by atoms with Crippen molar-refractivity contribution in [2.24, 2.45) is 5.10 Å². The third-order valence-corrected chi connectivity index (χ3v) is 6.46. The van der Waals surface area contributed by atoms with Gasteiger partial charge in [-0.25, -0.2) is 14.8 Å². The molecule has 0 saturated carbocycles. The van der Waals surface area contributed by atoms with Crippen LogP contribution in [0.15, 0.2) is 50.7 Å². The summed E-state index contributed by atoms with van der Waals surface area (Å²) in [5.74, 6) is -0.528. The summed E-state index contributed by atoms with van der Waals surface area (Å²) in [6.07, 6.45) is 6.03. The standard InChI is InChI=1S/C25H27N9O6/c1-15-6-3-4-10-33(15)14-17-21(28-32-34(17)23-22(26)30-40-31-23)24(35)29-27-13-16-8-9-18(20(12-16)37-2)39-25(36)19-7-5-11-38-19/h5,7-9,11-13,15H,3-4,6,10,14H2,1-2H3,(H2,26,30)(H,29,35)/b27-13+/t15-/m1/s1. The minimum absolute atomic E-state index is 0.0232. The van der Waals surface area contributed by atoms with Crippen LogP contribution < -0.4 is 20.6 Å². The summed E-state index contributed by atoms with van der Waals surface area (Å²) in [4.78, 5) is 27.6. The number of benzene rings is 1. The number of nitrogens with zero attached hydrogens (tertiary/aromatic N) is 7. The van der Waals surface area contributed by atoms with Crippen molar-refractivity contribution in [3.63, 3.8) is 0 Å². The number of amides is 1. The molecule has 0 spiro atoms. The molecule has 1 saturated heterocycles. The number of furan rings is 1. The molecule has 15 heteroatoms. The van der Waals surface area contributed by atoms with Gasteiger partial charge in [-0.1, -0.05) is 11.6 Å². The number of nitrogens with two attached hydrogens (primary N) is 1. The van der Waals surface area contributed by atoms with Crippen molar-refractivity contribution in [2.75, 3.05) is 19.4 Å². The Hall–Kier alpha value is -5.05. The fraction of sp³-hybridized carbons (Fsp3) is 0.320. The Morgan fingerprint density at radius 3 is 2.85 bits per heavy atom. The van der Waals surface area contributed by atoms with Gasteiger partial charge in [-0.2, -0.15) is 9.78 Å². The maximum atomic E-state index is 13.1. The number of hydrazone groups is 1. The molecule has 0 aliphatic carbocycles. The monoisotopic (exact) mass is 549 g/mol. The minimum Gasteiger partial charge on any atom is -0.493 e. The molecule has 0 radical (unpaired) electrons. The van der Waals surface area contributed by atoms with Crippen LogP contribution in [0.4, 0.5) is 5.82 Å². The van der Waals surface area contributed by atoms with E-state index in [1.54, 1.807) is 24.3 Å². The van der Waals surface area contributed by atoms with E-state index < -0.39 is 11.9 Å². The molecule has 1 aliphatic rings. The lowest BCUT2D eigenvalue weighted by Crippen LogP contribution is -2.38. The number of aromatic nitrogens is 5. The summed E-state index contributed by atoms with van der Waals surface area (Å²) in [7, 11) is 1.44. The lowest BCUT2D eigenvalue weighted by Gasteiger charge is -2.33. The van der Waals surface area contributed by atoms with Crippen LogP contribution in [0.5, 0.6) is 11.5 Å². The lowest BCUT2D eigenvalue weighted by molar-refractivity contribution is 0.0696. The number of rotatable bonds is 9. The lowest BCUT2D eigenvalue weighted by atomic mass is 10.0. The molecular weight excluding hydrogens is 522 g/mol. The third-order valence-electron chi connectivity index (χ3n) is 6.46. The highest BCUT2D eigenvalue weighted by Gasteiger charge is 2.28. The number of piperidine rings is 1. The summed E-state index contributed by atoms with van der Waals surface area (Å²) < 4.78 is 21.8. The molecule has 1 atom stereocenters. The van der Waals surface area contributed by atoms with E-state index in [0.717, 1.165) is 25.8 Å². The molecule has 0 bridgehead atoms. The van der Waals surface area contributed by atoms with Crippen LogP contribution >= 0.6 is 0 Å². The quantitative estimate of drug-likeness (QED) is 0.134. The molecule has 1 aliphatic heterocycles. The Balaban J connectivity index is 1.32. The van der Waals surface area contributed by atoms with Crippen LogP contribution in [-0.4, -0.2) is 68.0 Å². The number of esters is 1. The van der Waals surface area contributed by atoms with E-state index in [2.05, 4.69) is 43.0 Å². The molecule has 1 amide bonds. The average molecular weight is 550 g/mol. The van der Waals surface area contributed by atoms with Crippen molar-refractivity contribution in [1.29, 1.82) is 0 Å². The van der Waals surface area contributed by atoms with Gasteiger partial charge >= 0.3 is 5.97 Å². The molecule has 1 aromatic carbocycles. The number of likely N-dealkylation sites (tertiary alicyclic amines) is 1. The molecule has 0 unspecified atom stereocenters. The molecule has 4 aromatic rings. The topological polar surface area (TPSA) is 189 Å². The van der Waals surface area contributed by atoms with Crippen molar-refractivity contribution in [1.82, 2.24) is 35.6 Å². The van der Waals surface area contributed by atoms with E-state index in [1.807, 2.05) is 0 Å². The van der Waals surface area contributed by atoms with E-state index in [4.69, 9.17) is 24.3 Å². The van der Waals surface area contributed by atoms with E-state index >= 15 is 0 Å². The van der Waals surface area contributed by atoms with Crippen molar-refractivity contribution >= 4 is 23.9 Å². The van der Waals surface area contributed by atoms with Crippen LogP contribution in [0.2, 0.25) is 0 Å².